The zero-order chi connectivity index (χ0) is 20.2. The van der Waals surface area contributed by atoms with Gasteiger partial charge in [-0.1, -0.05) is 0 Å². The number of benzene rings is 1. The third-order valence-corrected chi connectivity index (χ3v) is 4.25. The topological polar surface area (TPSA) is 144 Å². The van der Waals surface area contributed by atoms with Crippen molar-refractivity contribution in [2.45, 2.75) is 25.6 Å². The Labute approximate surface area is 157 Å². The molecule has 0 saturated heterocycles. The highest BCUT2D eigenvalue weighted by molar-refractivity contribution is 7.89. The molecule has 1 unspecified atom stereocenters. The van der Waals surface area contributed by atoms with Crippen molar-refractivity contribution in [3.05, 3.63) is 36.0 Å². The van der Waals surface area contributed by atoms with Gasteiger partial charge < -0.3 is 16.4 Å². The first-order valence-electron chi connectivity index (χ1n) is 8.03. The summed E-state index contributed by atoms with van der Waals surface area (Å²) < 4.78 is 22.9. The molecule has 1 aromatic heterocycles. The lowest BCUT2D eigenvalue weighted by Crippen LogP contribution is -2.40. The van der Waals surface area contributed by atoms with E-state index in [2.05, 4.69) is 20.6 Å². The maximum atomic E-state index is 12.0. The van der Waals surface area contributed by atoms with Gasteiger partial charge >= 0.3 is 0 Å². The monoisotopic (exact) mass is 391 g/mol. The van der Waals surface area contributed by atoms with Gasteiger partial charge in [-0.2, -0.15) is 0 Å². The van der Waals surface area contributed by atoms with Gasteiger partial charge in [0.2, 0.25) is 11.8 Å². The summed E-state index contributed by atoms with van der Waals surface area (Å²) in [5, 5.41) is 5.18. The van der Waals surface area contributed by atoms with Gasteiger partial charge in [-0.15, -0.1) is 0 Å². The molecule has 1 heterocycles. The number of nitrogens with one attached hydrogen (secondary N) is 2. The minimum absolute atomic E-state index is 0.167. The normalized spacial score (nSPS) is 12.3. The highest BCUT2D eigenvalue weighted by atomic mass is 32.2. The maximum absolute atomic E-state index is 12.0. The molecule has 4 N–H and O–H groups in total. The van der Waals surface area contributed by atoms with Crippen LogP contribution in [0.4, 0.5) is 11.5 Å². The average Bonchev–Trinajstić information content (AvgIpc) is 2.52. The summed E-state index contributed by atoms with van der Waals surface area (Å²) in [6.45, 7) is 2.91. The Morgan fingerprint density at radius 2 is 1.81 bits per heavy atom. The fourth-order valence-electron chi connectivity index (χ4n) is 2.31. The second-order valence-electron chi connectivity index (χ2n) is 6.17. The number of nitrogens with two attached hydrogens (primary N) is 1. The number of sulfone groups is 1. The number of hydrogen-bond acceptors (Lipinski definition) is 7. The van der Waals surface area contributed by atoms with Gasteiger partial charge in [-0.25, -0.2) is 18.4 Å². The number of carbonyl (C=O) groups is 2. The van der Waals surface area contributed by atoms with Gasteiger partial charge in [-0.3, -0.25) is 9.59 Å². The Bertz CT molecular complexity index is 958. The molecule has 27 heavy (non-hydrogen) atoms. The zero-order valence-corrected chi connectivity index (χ0v) is 16.0. The molecular formula is C17H21N5O4S. The lowest BCUT2D eigenvalue weighted by molar-refractivity contribution is -0.124. The Balaban J connectivity index is 2.17. The number of anilines is 2. The predicted octanol–water partition coefficient (Wildman–Crippen LogP) is 0.733. The molecule has 0 aliphatic rings. The summed E-state index contributed by atoms with van der Waals surface area (Å²) in [7, 11) is -3.25. The molecule has 1 atom stereocenters. The quantitative estimate of drug-likeness (QED) is 0.658. The molecule has 144 valence electrons. The van der Waals surface area contributed by atoms with Gasteiger partial charge in [0.1, 0.15) is 11.9 Å². The number of rotatable bonds is 6. The molecule has 0 bridgehead atoms. The maximum Gasteiger partial charge on any atom is 0.246 e. The molecule has 0 fully saturated rings. The Hall–Kier alpha value is -3.01. The van der Waals surface area contributed by atoms with Crippen LogP contribution in [-0.2, 0) is 25.2 Å². The Morgan fingerprint density at radius 3 is 2.37 bits per heavy atom. The van der Waals surface area contributed by atoms with Gasteiger partial charge in [0, 0.05) is 30.5 Å². The van der Waals surface area contributed by atoms with E-state index in [0.717, 1.165) is 6.26 Å². The van der Waals surface area contributed by atoms with E-state index in [4.69, 9.17) is 5.73 Å². The first-order valence-corrected chi connectivity index (χ1v) is 10.1. The fourth-order valence-corrected chi connectivity index (χ4v) is 3.00. The van der Waals surface area contributed by atoms with Gasteiger partial charge in [-0.05, 0) is 31.2 Å². The summed E-state index contributed by atoms with van der Waals surface area (Å²) >= 11 is 0. The van der Waals surface area contributed by atoms with E-state index in [1.54, 1.807) is 31.2 Å². The second-order valence-corrected chi connectivity index (χ2v) is 8.31. The van der Waals surface area contributed by atoms with Crippen LogP contribution in [0.15, 0.2) is 30.3 Å². The van der Waals surface area contributed by atoms with Crippen LogP contribution < -0.4 is 16.4 Å². The lowest BCUT2D eigenvalue weighted by atomic mass is 10.2. The van der Waals surface area contributed by atoms with Crippen molar-refractivity contribution in [3.63, 3.8) is 0 Å². The molecule has 2 aromatic rings. The molecule has 0 radical (unpaired) electrons. The zero-order valence-electron chi connectivity index (χ0n) is 15.2. The highest BCUT2D eigenvalue weighted by Gasteiger charge is 2.14. The van der Waals surface area contributed by atoms with Crippen LogP contribution in [-0.4, -0.2) is 42.5 Å². The average molecular weight is 391 g/mol. The number of carbonyl (C=O) groups excluding carboxylic acids is 2. The van der Waals surface area contributed by atoms with Crippen LogP contribution >= 0.6 is 0 Å². The Morgan fingerprint density at radius 1 is 1.19 bits per heavy atom. The molecule has 0 spiro atoms. The third kappa shape index (κ3) is 6.33. The number of nitrogen functional groups attached to an aromatic ring is 1. The minimum Gasteiger partial charge on any atom is -0.384 e. The predicted molar refractivity (Wildman–Crippen MR) is 102 cm³/mol. The van der Waals surface area contributed by atoms with Gasteiger partial charge in [0.25, 0.3) is 0 Å². The second kappa shape index (κ2) is 8.12. The van der Waals surface area contributed by atoms with E-state index >= 15 is 0 Å². The summed E-state index contributed by atoms with van der Waals surface area (Å²) in [5.41, 5.74) is 7.20. The molecule has 2 amide bonds. The molecular weight excluding hydrogens is 370 g/mol. The van der Waals surface area contributed by atoms with Crippen LogP contribution in [0.3, 0.4) is 0 Å². The van der Waals surface area contributed by atoms with Crippen molar-refractivity contribution < 1.29 is 18.0 Å². The molecule has 0 saturated carbocycles. The van der Waals surface area contributed by atoms with E-state index in [9.17, 15) is 18.0 Å². The summed E-state index contributed by atoms with van der Waals surface area (Å²) in [4.78, 5) is 31.4. The minimum atomic E-state index is -3.25. The first-order chi connectivity index (χ1) is 12.5. The van der Waals surface area contributed by atoms with Crippen LogP contribution in [0, 0.1) is 0 Å². The number of amides is 2. The molecule has 0 aliphatic heterocycles. The SMILES string of the molecule is CC(=O)NC(C)C(=O)Nc1ccc(-c2nc(N)cc(CS(C)(=O)=O)n2)cc1. The van der Waals surface area contributed by atoms with Crippen LogP contribution in [0.25, 0.3) is 11.4 Å². The number of nitrogens with zero attached hydrogens (tertiary/aromatic N) is 2. The van der Waals surface area contributed by atoms with Gasteiger partial charge in [0.15, 0.2) is 15.7 Å². The van der Waals surface area contributed by atoms with E-state index in [-0.39, 0.29) is 29.2 Å². The summed E-state index contributed by atoms with van der Waals surface area (Å²) in [6.07, 6.45) is 1.12. The Kier molecular flexibility index (Phi) is 6.11. The summed E-state index contributed by atoms with van der Waals surface area (Å²) in [5.74, 6) is -0.425. The number of hydrogen-bond donors (Lipinski definition) is 3. The van der Waals surface area contributed by atoms with Crippen LogP contribution in [0.1, 0.15) is 19.5 Å². The molecule has 2 rings (SSSR count). The first kappa shape index (κ1) is 20.3. The fraction of sp³-hybridized carbons (Fsp3) is 0.294. The van der Waals surface area contributed by atoms with Crippen LogP contribution in [0.5, 0.6) is 0 Å². The molecule has 0 aliphatic carbocycles. The van der Waals surface area contributed by atoms with Crippen molar-refractivity contribution in [2.24, 2.45) is 0 Å². The highest BCUT2D eigenvalue weighted by Crippen LogP contribution is 2.20. The van der Waals surface area contributed by atoms with E-state index in [1.165, 1.54) is 13.0 Å². The molecule has 10 heteroatoms. The third-order valence-electron chi connectivity index (χ3n) is 3.43. The van der Waals surface area contributed by atoms with E-state index in [0.29, 0.717) is 16.9 Å². The van der Waals surface area contributed by atoms with Crippen molar-refractivity contribution in [2.75, 3.05) is 17.3 Å². The number of aromatic nitrogens is 2. The van der Waals surface area contributed by atoms with Crippen molar-refractivity contribution in [3.8, 4) is 11.4 Å². The van der Waals surface area contributed by atoms with E-state index < -0.39 is 15.9 Å². The van der Waals surface area contributed by atoms with Gasteiger partial charge in [0.05, 0.1) is 11.4 Å². The lowest BCUT2D eigenvalue weighted by Gasteiger charge is -2.13. The van der Waals surface area contributed by atoms with E-state index in [1.807, 2.05) is 0 Å². The summed E-state index contributed by atoms with van der Waals surface area (Å²) in [6, 6.07) is 7.41. The largest absolute Gasteiger partial charge is 0.384 e. The smallest absolute Gasteiger partial charge is 0.246 e. The van der Waals surface area contributed by atoms with Crippen molar-refractivity contribution >= 4 is 33.2 Å². The van der Waals surface area contributed by atoms with Crippen molar-refractivity contribution in [1.29, 1.82) is 0 Å². The molecule has 1 aromatic carbocycles. The van der Waals surface area contributed by atoms with Crippen molar-refractivity contribution in [1.82, 2.24) is 15.3 Å². The standard InChI is InChI=1S/C17H21N5O4S/c1-10(19-11(2)23)17(24)21-13-6-4-12(5-7-13)16-20-14(8-15(18)22-16)9-27(3,25)26/h4-8,10H,9H2,1-3H3,(H,19,23)(H,21,24)(H2,18,20,22). The van der Waals surface area contributed by atoms with Crippen LogP contribution in [0.2, 0.25) is 0 Å². The molecule has 9 nitrogen and oxygen atoms in total.